The van der Waals surface area contributed by atoms with Crippen LogP contribution in [0.15, 0.2) is 51.4 Å². The average Bonchev–Trinajstić information content (AvgIpc) is 2.80. The molecule has 1 aromatic heterocycles. The predicted molar refractivity (Wildman–Crippen MR) is 84.6 cm³/mol. The number of nitrogens with one attached hydrogen (secondary N) is 1. The number of hydrogen-bond donors (Lipinski definition) is 2. The Balaban J connectivity index is 1.83. The van der Waals surface area contributed by atoms with E-state index in [0.717, 1.165) is 21.1 Å². The lowest BCUT2D eigenvalue weighted by Gasteiger charge is -2.12. The summed E-state index contributed by atoms with van der Waals surface area (Å²) >= 11 is 3.43. The predicted octanol–water partition coefficient (Wildman–Crippen LogP) is 4.35. The van der Waals surface area contributed by atoms with Crippen LogP contribution in [0.3, 0.4) is 0 Å². The van der Waals surface area contributed by atoms with Gasteiger partial charge in [-0.3, -0.25) is 0 Å². The zero-order chi connectivity index (χ0) is 14.1. The van der Waals surface area contributed by atoms with E-state index < -0.39 is 0 Å². The van der Waals surface area contributed by atoms with Gasteiger partial charge in [0.05, 0.1) is 6.04 Å². The van der Waals surface area contributed by atoms with Gasteiger partial charge in [0.25, 0.3) is 6.01 Å². The molecule has 0 aliphatic heterocycles. The van der Waals surface area contributed by atoms with Gasteiger partial charge in [-0.25, -0.2) is 0 Å². The number of nitrogen functional groups attached to an aromatic ring is 1. The number of oxazole rings is 1. The molecule has 0 bridgehead atoms. The van der Waals surface area contributed by atoms with Crippen molar-refractivity contribution < 1.29 is 4.42 Å². The molecule has 102 valence electrons. The summed E-state index contributed by atoms with van der Waals surface area (Å²) in [4.78, 5) is 4.39. The molecule has 3 rings (SSSR count). The van der Waals surface area contributed by atoms with Gasteiger partial charge in [0, 0.05) is 10.2 Å². The van der Waals surface area contributed by atoms with Gasteiger partial charge < -0.3 is 15.5 Å². The zero-order valence-corrected chi connectivity index (χ0v) is 12.5. The molecule has 0 aliphatic rings. The summed E-state index contributed by atoms with van der Waals surface area (Å²) in [6.07, 6.45) is 0. The highest BCUT2D eigenvalue weighted by Gasteiger charge is 2.10. The van der Waals surface area contributed by atoms with E-state index in [1.165, 1.54) is 0 Å². The van der Waals surface area contributed by atoms with E-state index in [-0.39, 0.29) is 6.04 Å². The minimum absolute atomic E-state index is 0.105. The van der Waals surface area contributed by atoms with E-state index in [4.69, 9.17) is 10.2 Å². The average molecular weight is 332 g/mol. The lowest BCUT2D eigenvalue weighted by atomic mass is 10.1. The van der Waals surface area contributed by atoms with Gasteiger partial charge in [-0.1, -0.05) is 28.1 Å². The van der Waals surface area contributed by atoms with Gasteiger partial charge >= 0.3 is 0 Å². The van der Waals surface area contributed by atoms with Crippen LogP contribution in [0.4, 0.5) is 11.7 Å². The molecule has 0 fully saturated rings. The molecule has 3 N–H and O–H groups in total. The van der Waals surface area contributed by atoms with Crippen LogP contribution in [0.5, 0.6) is 0 Å². The van der Waals surface area contributed by atoms with Crippen molar-refractivity contribution in [2.24, 2.45) is 0 Å². The van der Waals surface area contributed by atoms with Crippen LogP contribution in [0.25, 0.3) is 11.1 Å². The largest absolute Gasteiger partial charge is 0.424 e. The van der Waals surface area contributed by atoms with Gasteiger partial charge in [-0.05, 0) is 42.8 Å². The molecule has 2 aromatic carbocycles. The fourth-order valence-electron chi connectivity index (χ4n) is 2.03. The highest BCUT2D eigenvalue weighted by Crippen LogP contribution is 2.25. The van der Waals surface area contributed by atoms with Crippen LogP contribution in [0.2, 0.25) is 0 Å². The molecule has 0 radical (unpaired) electrons. The van der Waals surface area contributed by atoms with Crippen molar-refractivity contribution >= 4 is 38.7 Å². The summed E-state index contributed by atoms with van der Waals surface area (Å²) in [5, 5.41) is 3.25. The molecule has 0 saturated carbocycles. The number of halogens is 1. The molecule has 20 heavy (non-hydrogen) atoms. The number of rotatable bonds is 3. The molecule has 4 nitrogen and oxygen atoms in total. The van der Waals surface area contributed by atoms with Crippen molar-refractivity contribution in [2.45, 2.75) is 13.0 Å². The lowest BCUT2D eigenvalue weighted by molar-refractivity contribution is 0.604. The fourth-order valence-corrected chi connectivity index (χ4v) is 2.29. The Kier molecular flexibility index (Phi) is 3.36. The van der Waals surface area contributed by atoms with Crippen LogP contribution in [-0.4, -0.2) is 4.98 Å². The first-order chi connectivity index (χ1) is 9.61. The Labute approximate surface area is 125 Å². The van der Waals surface area contributed by atoms with Crippen molar-refractivity contribution in [2.75, 3.05) is 11.1 Å². The quantitative estimate of drug-likeness (QED) is 0.700. The molecule has 3 aromatic rings. The first-order valence-corrected chi connectivity index (χ1v) is 7.09. The van der Waals surface area contributed by atoms with Gasteiger partial charge in [0.15, 0.2) is 5.58 Å². The third-order valence-electron chi connectivity index (χ3n) is 3.12. The van der Waals surface area contributed by atoms with E-state index in [1.54, 1.807) is 12.1 Å². The third kappa shape index (κ3) is 2.63. The molecule has 1 atom stereocenters. The van der Waals surface area contributed by atoms with Crippen LogP contribution < -0.4 is 11.1 Å². The summed E-state index contributed by atoms with van der Waals surface area (Å²) in [5.74, 6) is 0. The zero-order valence-electron chi connectivity index (χ0n) is 10.9. The van der Waals surface area contributed by atoms with Gasteiger partial charge in [-0.2, -0.15) is 4.98 Å². The lowest BCUT2D eigenvalue weighted by Crippen LogP contribution is -2.06. The summed E-state index contributed by atoms with van der Waals surface area (Å²) < 4.78 is 6.71. The van der Waals surface area contributed by atoms with Crippen LogP contribution in [0.1, 0.15) is 18.5 Å². The summed E-state index contributed by atoms with van der Waals surface area (Å²) in [6.45, 7) is 2.06. The second kappa shape index (κ2) is 5.17. The van der Waals surface area contributed by atoms with Crippen molar-refractivity contribution in [3.05, 3.63) is 52.5 Å². The van der Waals surface area contributed by atoms with Gasteiger partial charge in [0.2, 0.25) is 0 Å². The van der Waals surface area contributed by atoms with Crippen molar-refractivity contribution in [1.82, 2.24) is 4.98 Å². The second-order valence-electron chi connectivity index (χ2n) is 4.66. The number of nitrogens with zero attached hydrogens (tertiary/aromatic N) is 1. The Morgan fingerprint density at radius 3 is 2.70 bits per heavy atom. The van der Waals surface area contributed by atoms with Crippen LogP contribution >= 0.6 is 15.9 Å². The minimum atomic E-state index is 0.105. The standard InChI is InChI=1S/C15H14BrN3O/c1-9(10-2-4-11(16)5-3-10)18-15-19-13-8-12(17)6-7-14(13)20-15/h2-9H,17H2,1H3,(H,18,19). The Hall–Kier alpha value is -2.01. The van der Waals surface area contributed by atoms with E-state index in [9.17, 15) is 0 Å². The maximum Gasteiger partial charge on any atom is 0.296 e. The molecule has 1 unspecified atom stereocenters. The minimum Gasteiger partial charge on any atom is -0.424 e. The normalized spacial score (nSPS) is 12.5. The van der Waals surface area contributed by atoms with Gasteiger partial charge in [-0.15, -0.1) is 0 Å². The van der Waals surface area contributed by atoms with Crippen molar-refractivity contribution in [1.29, 1.82) is 0 Å². The Morgan fingerprint density at radius 1 is 1.20 bits per heavy atom. The molecule has 5 heteroatoms. The maximum atomic E-state index is 5.73. The van der Waals surface area contributed by atoms with E-state index in [1.807, 2.05) is 18.2 Å². The number of nitrogens with two attached hydrogens (primary N) is 1. The van der Waals surface area contributed by atoms with Crippen molar-refractivity contribution in [3.63, 3.8) is 0 Å². The highest BCUT2D eigenvalue weighted by atomic mass is 79.9. The van der Waals surface area contributed by atoms with Gasteiger partial charge in [0.1, 0.15) is 5.52 Å². The Bertz CT molecular complexity index is 736. The first kappa shape index (κ1) is 13.0. The number of hydrogen-bond acceptors (Lipinski definition) is 4. The number of fused-ring (bicyclic) bond motifs is 1. The second-order valence-corrected chi connectivity index (χ2v) is 5.58. The third-order valence-corrected chi connectivity index (χ3v) is 3.65. The fraction of sp³-hybridized carbons (Fsp3) is 0.133. The van der Waals surface area contributed by atoms with Crippen LogP contribution in [-0.2, 0) is 0 Å². The summed E-state index contributed by atoms with van der Waals surface area (Å²) in [6, 6.07) is 14.2. The first-order valence-electron chi connectivity index (χ1n) is 6.30. The van der Waals surface area contributed by atoms with E-state index in [0.29, 0.717) is 11.7 Å². The molecule has 0 spiro atoms. The summed E-state index contributed by atoms with van der Waals surface area (Å²) in [7, 11) is 0. The molecule has 1 heterocycles. The highest BCUT2D eigenvalue weighted by molar-refractivity contribution is 9.10. The molecule has 0 saturated heterocycles. The number of anilines is 2. The maximum absolute atomic E-state index is 5.73. The summed E-state index contributed by atoms with van der Waals surface area (Å²) in [5.41, 5.74) is 9.06. The smallest absolute Gasteiger partial charge is 0.296 e. The number of aromatic nitrogens is 1. The topological polar surface area (TPSA) is 64.1 Å². The monoisotopic (exact) mass is 331 g/mol. The molecule has 0 amide bonds. The van der Waals surface area contributed by atoms with E-state index in [2.05, 4.69) is 45.3 Å². The molecular formula is C15H14BrN3O. The molecule has 0 aliphatic carbocycles. The van der Waals surface area contributed by atoms with E-state index >= 15 is 0 Å². The van der Waals surface area contributed by atoms with Crippen LogP contribution in [0, 0.1) is 0 Å². The Morgan fingerprint density at radius 2 is 1.95 bits per heavy atom. The van der Waals surface area contributed by atoms with Crippen molar-refractivity contribution in [3.8, 4) is 0 Å². The molecular weight excluding hydrogens is 318 g/mol. The SMILES string of the molecule is CC(Nc1nc2cc(N)ccc2o1)c1ccc(Br)cc1. The number of benzene rings is 2.